The van der Waals surface area contributed by atoms with Gasteiger partial charge in [-0.2, -0.15) is 0 Å². The fourth-order valence-corrected chi connectivity index (χ4v) is 1.81. The summed E-state index contributed by atoms with van der Waals surface area (Å²) in [6, 6.07) is 6.14. The zero-order valence-electron chi connectivity index (χ0n) is 10.3. The summed E-state index contributed by atoms with van der Waals surface area (Å²) < 4.78 is 10.9. The largest absolute Gasteiger partial charge is 0.496 e. The van der Waals surface area contributed by atoms with Crippen LogP contribution in [0.25, 0.3) is 0 Å². The second-order valence-electron chi connectivity index (χ2n) is 3.90. The fourth-order valence-electron chi connectivity index (χ4n) is 1.81. The minimum Gasteiger partial charge on any atom is -0.496 e. The van der Waals surface area contributed by atoms with Crippen LogP contribution >= 0.6 is 0 Å². The molecule has 1 aromatic rings. The third-order valence-electron chi connectivity index (χ3n) is 2.69. The highest BCUT2D eigenvalue weighted by atomic mass is 16.5. The summed E-state index contributed by atoms with van der Waals surface area (Å²) in [5.41, 5.74) is 7.85. The maximum atomic E-state index is 5.52. The number of benzene rings is 1. The van der Waals surface area contributed by atoms with E-state index in [0.29, 0.717) is 6.54 Å². The average Bonchev–Trinajstić information content (AvgIpc) is 2.30. The average molecular weight is 223 g/mol. The van der Waals surface area contributed by atoms with Crippen LogP contribution in [0.4, 0.5) is 0 Å². The van der Waals surface area contributed by atoms with E-state index in [4.69, 9.17) is 15.2 Å². The Bertz CT molecular complexity index is 326. The van der Waals surface area contributed by atoms with Gasteiger partial charge >= 0.3 is 0 Å². The monoisotopic (exact) mass is 223 g/mol. The highest BCUT2D eigenvalue weighted by Gasteiger charge is 2.15. The van der Waals surface area contributed by atoms with Gasteiger partial charge in [0.05, 0.1) is 13.2 Å². The van der Waals surface area contributed by atoms with E-state index in [0.717, 1.165) is 24.2 Å². The van der Waals surface area contributed by atoms with Crippen molar-refractivity contribution in [2.45, 2.75) is 25.9 Å². The molecule has 1 rings (SSSR count). The van der Waals surface area contributed by atoms with Gasteiger partial charge in [0.1, 0.15) is 5.75 Å². The van der Waals surface area contributed by atoms with Gasteiger partial charge in [-0.15, -0.1) is 0 Å². The van der Waals surface area contributed by atoms with Crippen molar-refractivity contribution in [3.8, 4) is 5.75 Å². The first kappa shape index (κ1) is 13.0. The molecule has 0 fully saturated rings. The van der Waals surface area contributed by atoms with Crippen molar-refractivity contribution in [1.29, 1.82) is 0 Å². The molecule has 0 aromatic heterocycles. The standard InChI is InChI=1S/C13H21NO2/c1-10-6-7-13(16-3)11(9-10)12(15-2)5-4-8-14/h6-7,9,12H,4-5,8,14H2,1-3H3. The summed E-state index contributed by atoms with van der Waals surface area (Å²) in [5, 5.41) is 0. The van der Waals surface area contributed by atoms with Gasteiger partial charge in [-0.05, 0) is 38.4 Å². The van der Waals surface area contributed by atoms with E-state index < -0.39 is 0 Å². The smallest absolute Gasteiger partial charge is 0.124 e. The van der Waals surface area contributed by atoms with E-state index in [2.05, 4.69) is 13.0 Å². The molecular formula is C13H21NO2. The van der Waals surface area contributed by atoms with Gasteiger partial charge < -0.3 is 15.2 Å². The Balaban J connectivity index is 2.92. The summed E-state index contributed by atoms with van der Waals surface area (Å²) in [6.07, 6.45) is 1.95. The van der Waals surface area contributed by atoms with E-state index in [9.17, 15) is 0 Å². The number of rotatable bonds is 6. The molecule has 2 N–H and O–H groups in total. The molecule has 0 heterocycles. The van der Waals surface area contributed by atoms with Crippen molar-refractivity contribution in [3.05, 3.63) is 29.3 Å². The zero-order chi connectivity index (χ0) is 12.0. The van der Waals surface area contributed by atoms with Crippen LogP contribution in [0.5, 0.6) is 5.75 Å². The minimum absolute atomic E-state index is 0.0680. The molecular weight excluding hydrogens is 202 g/mol. The molecule has 0 aliphatic carbocycles. The first-order valence-electron chi connectivity index (χ1n) is 5.60. The molecule has 3 nitrogen and oxygen atoms in total. The maximum Gasteiger partial charge on any atom is 0.124 e. The first-order chi connectivity index (χ1) is 7.72. The van der Waals surface area contributed by atoms with Crippen LogP contribution in [0.15, 0.2) is 18.2 Å². The highest BCUT2D eigenvalue weighted by molar-refractivity contribution is 5.38. The van der Waals surface area contributed by atoms with E-state index in [-0.39, 0.29) is 6.10 Å². The molecule has 1 unspecified atom stereocenters. The van der Waals surface area contributed by atoms with E-state index in [1.165, 1.54) is 5.56 Å². The number of nitrogens with two attached hydrogens (primary N) is 1. The number of ether oxygens (including phenoxy) is 2. The lowest BCUT2D eigenvalue weighted by molar-refractivity contribution is 0.0920. The van der Waals surface area contributed by atoms with Gasteiger partial charge in [0.15, 0.2) is 0 Å². The van der Waals surface area contributed by atoms with Crippen molar-refractivity contribution in [2.75, 3.05) is 20.8 Å². The van der Waals surface area contributed by atoms with Crippen LogP contribution in [0.2, 0.25) is 0 Å². The Morgan fingerprint density at radius 1 is 1.31 bits per heavy atom. The molecule has 1 atom stereocenters. The Labute approximate surface area is 97.6 Å². The minimum atomic E-state index is 0.0680. The number of hydrogen-bond acceptors (Lipinski definition) is 3. The summed E-state index contributed by atoms with van der Waals surface area (Å²) in [4.78, 5) is 0. The molecule has 16 heavy (non-hydrogen) atoms. The molecule has 0 aliphatic rings. The maximum absolute atomic E-state index is 5.52. The van der Waals surface area contributed by atoms with Crippen LogP contribution in [-0.2, 0) is 4.74 Å². The number of aryl methyl sites for hydroxylation is 1. The molecule has 0 aliphatic heterocycles. The second kappa shape index (κ2) is 6.51. The van der Waals surface area contributed by atoms with Gasteiger partial charge in [0.25, 0.3) is 0 Å². The van der Waals surface area contributed by atoms with Gasteiger partial charge in [-0.1, -0.05) is 11.6 Å². The predicted molar refractivity (Wildman–Crippen MR) is 65.8 cm³/mol. The zero-order valence-corrected chi connectivity index (χ0v) is 10.3. The van der Waals surface area contributed by atoms with Crippen LogP contribution in [-0.4, -0.2) is 20.8 Å². The van der Waals surface area contributed by atoms with E-state index >= 15 is 0 Å². The molecule has 0 saturated heterocycles. The predicted octanol–water partition coefficient (Wildman–Crippen LogP) is 2.43. The molecule has 0 radical (unpaired) electrons. The van der Waals surface area contributed by atoms with Crippen LogP contribution in [0, 0.1) is 6.92 Å². The Morgan fingerprint density at radius 3 is 2.62 bits per heavy atom. The normalized spacial score (nSPS) is 12.5. The lowest BCUT2D eigenvalue weighted by Crippen LogP contribution is -2.07. The van der Waals surface area contributed by atoms with Gasteiger partial charge in [-0.25, -0.2) is 0 Å². The SMILES string of the molecule is COc1ccc(C)cc1C(CCCN)OC. The third kappa shape index (κ3) is 3.22. The lowest BCUT2D eigenvalue weighted by Gasteiger charge is -2.18. The van der Waals surface area contributed by atoms with Crippen LogP contribution in [0.3, 0.4) is 0 Å². The summed E-state index contributed by atoms with van der Waals surface area (Å²) >= 11 is 0. The second-order valence-corrected chi connectivity index (χ2v) is 3.90. The summed E-state index contributed by atoms with van der Waals surface area (Å²) in [7, 11) is 3.41. The quantitative estimate of drug-likeness (QED) is 0.805. The van der Waals surface area contributed by atoms with Gasteiger partial charge in [0, 0.05) is 12.7 Å². The van der Waals surface area contributed by atoms with Gasteiger partial charge in [0.2, 0.25) is 0 Å². The molecule has 3 heteroatoms. The molecule has 90 valence electrons. The topological polar surface area (TPSA) is 44.5 Å². The van der Waals surface area contributed by atoms with Crippen molar-refractivity contribution in [2.24, 2.45) is 5.73 Å². The summed E-state index contributed by atoms with van der Waals surface area (Å²) in [6.45, 7) is 2.76. The molecule has 0 bridgehead atoms. The molecule has 0 amide bonds. The Kier molecular flexibility index (Phi) is 5.29. The molecule has 0 saturated carbocycles. The van der Waals surface area contributed by atoms with Crippen molar-refractivity contribution < 1.29 is 9.47 Å². The van der Waals surface area contributed by atoms with Crippen molar-refractivity contribution >= 4 is 0 Å². The number of hydrogen-bond donors (Lipinski definition) is 1. The third-order valence-corrected chi connectivity index (χ3v) is 2.69. The molecule has 1 aromatic carbocycles. The molecule has 0 spiro atoms. The van der Waals surface area contributed by atoms with E-state index in [1.54, 1.807) is 14.2 Å². The number of methoxy groups -OCH3 is 2. The lowest BCUT2D eigenvalue weighted by atomic mass is 10.0. The van der Waals surface area contributed by atoms with Crippen molar-refractivity contribution in [3.63, 3.8) is 0 Å². The van der Waals surface area contributed by atoms with Gasteiger partial charge in [-0.3, -0.25) is 0 Å². The van der Waals surface area contributed by atoms with E-state index in [1.807, 2.05) is 12.1 Å². The first-order valence-corrected chi connectivity index (χ1v) is 5.60. The fraction of sp³-hybridized carbons (Fsp3) is 0.538. The highest BCUT2D eigenvalue weighted by Crippen LogP contribution is 2.31. The van der Waals surface area contributed by atoms with Crippen LogP contribution in [0.1, 0.15) is 30.1 Å². The Morgan fingerprint density at radius 2 is 2.06 bits per heavy atom. The van der Waals surface area contributed by atoms with Crippen molar-refractivity contribution in [1.82, 2.24) is 0 Å². The Hall–Kier alpha value is -1.06. The van der Waals surface area contributed by atoms with Crippen LogP contribution < -0.4 is 10.5 Å². The summed E-state index contributed by atoms with van der Waals surface area (Å²) in [5.74, 6) is 0.884.